The largest absolute Gasteiger partial charge is 0.444 e. The zero-order chi connectivity index (χ0) is 16.7. The predicted molar refractivity (Wildman–Crippen MR) is 85.9 cm³/mol. The van der Waals surface area contributed by atoms with Crippen LogP contribution >= 0.6 is 0 Å². The molecule has 0 aromatic carbocycles. The van der Waals surface area contributed by atoms with Crippen molar-refractivity contribution >= 4 is 19.5 Å². The molecule has 1 saturated heterocycles. The standard InChI is InChI=1S/C14H26N4O3Si/c1-14(2,3)21-13(20)17-7-10(11(19)8-17)18-9-12(15-16-18)22(4,5)6/h9-11,19H,7-8H2,1-6H3. The molecule has 1 aliphatic heterocycles. The number of carbonyl (C=O) groups excluding carboxylic acids is 1. The maximum atomic E-state index is 12.1. The SMILES string of the molecule is CC(C)(C)OC(=O)N1CC(O)C(n2cc([Si](C)(C)C)nn2)C1. The molecule has 1 amide bonds. The lowest BCUT2D eigenvalue weighted by molar-refractivity contribution is 0.0270. The van der Waals surface area contributed by atoms with Gasteiger partial charge in [-0.1, -0.05) is 24.9 Å². The topological polar surface area (TPSA) is 80.5 Å². The van der Waals surface area contributed by atoms with Crippen molar-refractivity contribution in [2.75, 3.05) is 13.1 Å². The fourth-order valence-electron chi connectivity index (χ4n) is 2.29. The minimum absolute atomic E-state index is 0.252. The first-order chi connectivity index (χ1) is 9.97. The number of β-amino-alcohol motifs (C(OH)–C–C–N with tert-alkyl or cyclic N) is 1. The molecule has 124 valence electrons. The minimum Gasteiger partial charge on any atom is -0.444 e. The number of aromatic nitrogens is 3. The summed E-state index contributed by atoms with van der Waals surface area (Å²) in [5.41, 5.74) is -0.543. The Morgan fingerprint density at radius 3 is 2.50 bits per heavy atom. The highest BCUT2D eigenvalue weighted by Crippen LogP contribution is 2.23. The normalized spacial score (nSPS) is 23.0. The highest BCUT2D eigenvalue weighted by atomic mass is 28.3. The Morgan fingerprint density at radius 2 is 2.00 bits per heavy atom. The Balaban J connectivity index is 2.08. The molecule has 1 aromatic heterocycles. The van der Waals surface area contributed by atoms with Crippen molar-refractivity contribution in [2.24, 2.45) is 0 Å². The van der Waals surface area contributed by atoms with E-state index in [4.69, 9.17) is 4.74 Å². The molecule has 0 bridgehead atoms. The van der Waals surface area contributed by atoms with E-state index >= 15 is 0 Å². The van der Waals surface area contributed by atoms with Crippen LogP contribution in [-0.2, 0) is 4.74 Å². The molecule has 2 rings (SSSR count). The average molecular weight is 326 g/mol. The second-order valence-electron chi connectivity index (χ2n) is 7.85. The molecule has 0 saturated carbocycles. The average Bonchev–Trinajstić information content (AvgIpc) is 2.91. The van der Waals surface area contributed by atoms with Gasteiger partial charge in [-0.05, 0) is 20.8 Å². The number of nitrogens with zero attached hydrogens (tertiary/aromatic N) is 4. The van der Waals surface area contributed by atoms with Gasteiger partial charge in [0, 0.05) is 12.7 Å². The molecular weight excluding hydrogens is 300 g/mol. The lowest BCUT2D eigenvalue weighted by atomic mass is 10.2. The number of aliphatic hydroxyl groups is 1. The number of rotatable bonds is 2. The van der Waals surface area contributed by atoms with Crippen LogP contribution in [0.2, 0.25) is 19.6 Å². The molecule has 2 atom stereocenters. The monoisotopic (exact) mass is 326 g/mol. The van der Waals surface area contributed by atoms with E-state index in [1.54, 1.807) is 4.68 Å². The molecule has 22 heavy (non-hydrogen) atoms. The van der Waals surface area contributed by atoms with Crippen LogP contribution in [0.25, 0.3) is 0 Å². The van der Waals surface area contributed by atoms with E-state index in [9.17, 15) is 9.90 Å². The molecule has 0 spiro atoms. The third kappa shape index (κ3) is 3.86. The van der Waals surface area contributed by atoms with Crippen LogP contribution in [0.1, 0.15) is 26.8 Å². The number of carbonyl (C=O) groups is 1. The molecule has 1 N–H and O–H groups in total. The van der Waals surface area contributed by atoms with Gasteiger partial charge in [-0.15, -0.1) is 5.10 Å². The van der Waals surface area contributed by atoms with Crippen molar-refractivity contribution in [3.8, 4) is 0 Å². The highest BCUT2D eigenvalue weighted by Gasteiger charge is 2.38. The number of aliphatic hydroxyl groups excluding tert-OH is 1. The van der Waals surface area contributed by atoms with Gasteiger partial charge in [0.2, 0.25) is 0 Å². The van der Waals surface area contributed by atoms with E-state index in [1.807, 2.05) is 27.0 Å². The molecule has 1 fully saturated rings. The van der Waals surface area contributed by atoms with Crippen molar-refractivity contribution in [3.63, 3.8) is 0 Å². The Kier molecular flexibility index (Phi) is 4.36. The number of hydrogen-bond acceptors (Lipinski definition) is 5. The summed E-state index contributed by atoms with van der Waals surface area (Å²) in [6.07, 6.45) is 0.835. The molecule has 1 aromatic rings. The second kappa shape index (κ2) is 5.66. The Morgan fingerprint density at radius 1 is 1.36 bits per heavy atom. The van der Waals surface area contributed by atoms with Crippen LogP contribution < -0.4 is 5.32 Å². The summed E-state index contributed by atoms with van der Waals surface area (Å²) >= 11 is 0. The summed E-state index contributed by atoms with van der Waals surface area (Å²) in [5.74, 6) is 0. The lowest BCUT2D eigenvalue weighted by Crippen LogP contribution is -2.38. The number of hydrogen-bond donors (Lipinski definition) is 1. The van der Waals surface area contributed by atoms with Crippen LogP contribution in [0.5, 0.6) is 0 Å². The maximum absolute atomic E-state index is 12.1. The second-order valence-corrected chi connectivity index (χ2v) is 12.9. The fourth-order valence-corrected chi connectivity index (χ4v) is 3.15. The van der Waals surface area contributed by atoms with Gasteiger partial charge in [0.15, 0.2) is 0 Å². The molecule has 1 aliphatic rings. The summed E-state index contributed by atoms with van der Waals surface area (Å²) in [6, 6.07) is -0.273. The van der Waals surface area contributed by atoms with E-state index in [0.717, 1.165) is 5.32 Å². The van der Waals surface area contributed by atoms with Crippen molar-refractivity contribution < 1.29 is 14.6 Å². The summed E-state index contributed by atoms with van der Waals surface area (Å²) in [5, 5.41) is 19.6. The minimum atomic E-state index is -1.54. The quantitative estimate of drug-likeness (QED) is 0.819. The van der Waals surface area contributed by atoms with Gasteiger partial charge < -0.3 is 14.7 Å². The maximum Gasteiger partial charge on any atom is 0.410 e. The van der Waals surface area contributed by atoms with Crippen LogP contribution in [0.3, 0.4) is 0 Å². The number of amides is 1. The number of ether oxygens (including phenoxy) is 1. The lowest BCUT2D eigenvalue weighted by Gasteiger charge is -2.24. The highest BCUT2D eigenvalue weighted by molar-refractivity contribution is 6.88. The summed E-state index contributed by atoms with van der Waals surface area (Å²) in [7, 11) is -1.54. The number of likely N-dealkylation sites (tertiary alicyclic amines) is 1. The van der Waals surface area contributed by atoms with Gasteiger partial charge in [-0.3, -0.25) is 0 Å². The first kappa shape index (κ1) is 16.9. The third-order valence-corrected chi connectivity index (χ3v) is 5.30. The van der Waals surface area contributed by atoms with Crippen LogP contribution in [0.15, 0.2) is 6.20 Å². The van der Waals surface area contributed by atoms with Gasteiger partial charge >= 0.3 is 6.09 Å². The van der Waals surface area contributed by atoms with Gasteiger partial charge in [0.25, 0.3) is 0 Å². The smallest absolute Gasteiger partial charge is 0.410 e. The van der Waals surface area contributed by atoms with E-state index in [0.29, 0.717) is 6.54 Å². The molecule has 8 heteroatoms. The van der Waals surface area contributed by atoms with Crippen LogP contribution in [0.4, 0.5) is 4.79 Å². The van der Waals surface area contributed by atoms with Crippen molar-refractivity contribution in [2.45, 2.75) is 58.2 Å². The molecule has 2 heterocycles. The molecule has 2 unspecified atom stereocenters. The first-order valence-corrected chi connectivity index (χ1v) is 11.1. The van der Waals surface area contributed by atoms with Gasteiger partial charge in [0.1, 0.15) is 13.7 Å². The fraction of sp³-hybridized carbons (Fsp3) is 0.786. The first-order valence-electron chi connectivity index (χ1n) is 7.56. The molecule has 0 radical (unpaired) electrons. The van der Waals surface area contributed by atoms with Crippen molar-refractivity contribution in [3.05, 3.63) is 6.20 Å². The Bertz CT molecular complexity index is 547. The zero-order valence-electron chi connectivity index (χ0n) is 14.2. The molecular formula is C14H26N4O3Si. The summed E-state index contributed by atoms with van der Waals surface area (Å²) in [6.45, 7) is 12.7. The van der Waals surface area contributed by atoms with E-state index < -0.39 is 25.9 Å². The zero-order valence-corrected chi connectivity index (χ0v) is 15.2. The Labute approximate surface area is 132 Å². The van der Waals surface area contributed by atoms with Crippen molar-refractivity contribution in [1.82, 2.24) is 19.9 Å². The van der Waals surface area contributed by atoms with Crippen LogP contribution in [-0.4, -0.2) is 64.0 Å². The predicted octanol–water partition coefficient (Wildman–Crippen LogP) is 0.976. The van der Waals surface area contributed by atoms with Crippen molar-refractivity contribution in [1.29, 1.82) is 0 Å². The van der Waals surface area contributed by atoms with Gasteiger partial charge in [0.05, 0.1) is 24.0 Å². The summed E-state index contributed by atoms with van der Waals surface area (Å²) < 4.78 is 7.03. The van der Waals surface area contributed by atoms with Gasteiger partial charge in [-0.25, -0.2) is 9.48 Å². The van der Waals surface area contributed by atoms with E-state index in [2.05, 4.69) is 30.0 Å². The van der Waals surface area contributed by atoms with Crippen LogP contribution in [0, 0.1) is 0 Å². The van der Waals surface area contributed by atoms with E-state index in [-0.39, 0.29) is 12.6 Å². The molecule has 0 aliphatic carbocycles. The van der Waals surface area contributed by atoms with Gasteiger partial charge in [-0.2, -0.15) is 0 Å². The molecule has 7 nitrogen and oxygen atoms in total. The summed E-state index contributed by atoms with van der Waals surface area (Å²) in [4.78, 5) is 13.6. The third-order valence-electron chi connectivity index (χ3n) is 3.53. The Hall–Kier alpha value is -1.41. The van der Waals surface area contributed by atoms with E-state index in [1.165, 1.54) is 4.90 Å².